The molecule has 2 aromatic rings. The number of rotatable bonds is 5. The van der Waals surface area contributed by atoms with Crippen molar-refractivity contribution in [3.63, 3.8) is 0 Å². The zero-order valence-electron chi connectivity index (χ0n) is 11.7. The molecule has 116 valence electrons. The topological polar surface area (TPSA) is 69.7 Å². The fraction of sp³-hybridized carbons (Fsp3) is 0.133. The second-order valence-corrected chi connectivity index (χ2v) is 6.90. The average molecular weight is 341 g/mol. The molecule has 0 saturated heterocycles. The van der Waals surface area contributed by atoms with Gasteiger partial charge in [0.2, 0.25) is 0 Å². The van der Waals surface area contributed by atoms with E-state index in [-0.39, 0.29) is 22.8 Å². The molecule has 5 nitrogen and oxygen atoms in total. The van der Waals surface area contributed by atoms with Crippen molar-refractivity contribution in [3.8, 4) is 5.75 Å². The van der Waals surface area contributed by atoms with Crippen molar-refractivity contribution >= 4 is 25.7 Å². The standard InChI is InChI=1S/C15H13ClO5S/c1-20-15(17)12-7-8-14(22(16,18)19)13(9-12)21-10-11-5-3-2-4-6-11/h2-9H,10H2,1H3. The summed E-state index contributed by atoms with van der Waals surface area (Å²) in [5.41, 5.74) is 1.03. The van der Waals surface area contributed by atoms with Crippen LogP contribution in [0, 0.1) is 0 Å². The zero-order valence-corrected chi connectivity index (χ0v) is 13.2. The van der Waals surface area contributed by atoms with Crippen LogP contribution in [0.1, 0.15) is 15.9 Å². The minimum atomic E-state index is -3.99. The zero-order chi connectivity index (χ0) is 16.2. The lowest BCUT2D eigenvalue weighted by Gasteiger charge is -2.11. The van der Waals surface area contributed by atoms with Crippen LogP contribution in [-0.4, -0.2) is 21.5 Å². The van der Waals surface area contributed by atoms with Crippen LogP contribution in [0.4, 0.5) is 0 Å². The summed E-state index contributed by atoms with van der Waals surface area (Å²) in [5.74, 6) is -0.593. The summed E-state index contributed by atoms with van der Waals surface area (Å²) >= 11 is 0. The molecule has 0 aliphatic rings. The van der Waals surface area contributed by atoms with Crippen LogP contribution < -0.4 is 4.74 Å². The number of carbonyl (C=O) groups is 1. The summed E-state index contributed by atoms with van der Waals surface area (Å²) in [7, 11) is 2.63. The lowest BCUT2D eigenvalue weighted by Crippen LogP contribution is -2.05. The van der Waals surface area contributed by atoms with Crippen LogP contribution in [0.25, 0.3) is 0 Å². The van der Waals surface area contributed by atoms with Gasteiger partial charge in [-0.15, -0.1) is 0 Å². The van der Waals surface area contributed by atoms with Gasteiger partial charge in [0, 0.05) is 10.7 Å². The largest absolute Gasteiger partial charge is 0.487 e. The van der Waals surface area contributed by atoms with Crippen molar-refractivity contribution in [2.45, 2.75) is 11.5 Å². The highest BCUT2D eigenvalue weighted by Gasteiger charge is 2.19. The molecule has 0 heterocycles. The van der Waals surface area contributed by atoms with Gasteiger partial charge in [0.15, 0.2) is 0 Å². The summed E-state index contributed by atoms with van der Waals surface area (Å²) in [4.78, 5) is 11.3. The van der Waals surface area contributed by atoms with Gasteiger partial charge in [0.05, 0.1) is 12.7 Å². The maximum Gasteiger partial charge on any atom is 0.337 e. The van der Waals surface area contributed by atoms with E-state index >= 15 is 0 Å². The normalized spacial score (nSPS) is 11.0. The fourth-order valence-electron chi connectivity index (χ4n) is 1.80. The van der Waals surface area contributed by atoms with E-state index in [9.17, 15) is 13.2 Å². The molecule has 0 aliphatic carbocycles. The van der Waals surface area contributed by atoms with Gasteiger partial charge < -0.3 is 9.47 Å². The number of hydrogen-bond donors (Lipinski definition) is 0. The molecule has 0 atom stereocenters. The van der Waals surface area contributed by atoms with Gasteiger partial charge in [-0.1, -0.05) is 30.3 Å². The highest BCUT2D eigenvalue weighted by Crippen LogP contribution is 2.29. The van der Waals surface area contributed by atoms with Crippen LogP contribution in [0.5, 0.6) is 5.75 Å². The third-order valence-electron chi connectivity index (χ3n) is 2.86. The second kappa shape index (κ2) is 6.81. The van der Waals surface area contributed by atoms with E-state index in [0.717, 1.165) is 5.56 Å². The molecule has 22 heavy (non-hydrogen) atoms. The van der Waals surface area contributed by atoms with Crippen molar-refractivity contribution in [1.29, 1.82) is 0 Å². The monoisotopic (exact) mass is 340 g/mol. The van der Waals surface area contributed by atoms with Crippen LogP contribution in [0.3, 0.4) is 0 Å². The van der Waals surface area contributed by atoms with Crippen molar-refractivity contribution in [2.75, 3.05) is 7.11 Å². The van der Waals surface area contributed by atoms with Crippen molar-refractivity contribution in [3.05, 3.63) is 59.7 Å². The first-order valence-corrected chi connectivity index (χ1v) is 8.56. The smallest absolute Gasteiger partial charge is 0.337 e. The Kier molecular flexibility index (Phi) is 5.05. The van der Waals surface area contributed by atoms with Crippen LogP contribution in [0.15, 0.2) is 53.4 Å². The van der Waals surface area contributed by atoms with Gasteiger partial charge in [-0.3, -0.25) is 0 Å². The predicted molar refractivity (Wildman–Crippen MR) is 81.6 cm³/mol. The molecule has 0 radical (unpaired) electrons. The van der Waals surface area contributed by atoms with Gasteiger partial charge in [0.1, 0.15) is 17.3 Å². The molecule has 0 fully saturated rings. The molecule has 0 aliphatic heterocycles. The first kappa shape index (κ1) is 16.3. The van der Waals surface area contributed by atoms with E-state index in [1.54, 1.807) is 0 Å². The highest BCUT2D eigenvalue weighted by molar-refractivity contribution is 8.13. The lowest BCUT2D eigenvalue weighted by molar-refractivity contribution is 0.0600. The van der Waals surface area contributed by atoms with Gasteiger partial charge >= 0.3 is 5.97 Å². The Bertz CT molecular complexity index is 772. The molecule has 0 bridgehead atoms. The number of methoxy groups -OCH3 is 1. The number of carbonyl (C=O) groups excluding carboxylic acids is 1. The molecule has 0 unspecified atom stereocenters. The third-order valence-corrected chi connectivity index (χ3v) is 4.23. The maximum absolute atomic E-state index is 11.6. The number of hydrogen-bond acceptors (Lipinski definition) is 5. The van der Waals surface area contributed by atoms with E-state index in [0.29, 0.717) is 0 Å². The molecule has 7 heteroatoms. The van der Waals surface area contributed by atoms with Crippen molar-refractivity contribution in [1.82, 2.24) is 0 Å². The lowest BCUT2D eigenvalue weighted by atomic mass is 10.2. The SMILES string of the molecule is COC(=O)c1ccc(S(=O)(=O)Cl)c(OCc2ccccc2)c1. The maximum atomic E-state index is 11.6. The van der Waals surface area contributed by atoms with Gasteiger partial charge in [0.25, 0.3) is 9.05 Å². The van der Waals surface area contributed by atoms with Crippen molar-refractivity contribution in [2.24, 2.45) is 0 Å². The quantitative estimate of drug-likeness (QED) is 0.618. The van der Waals surface area contributed by atoms with E-state index in [1.165, 1.54) is 25.3 Å². The fourth-order valence-corrected chi connectivity index (χ4v) is 2.77. The molecular weight excluding hydrogens is 328 g/mol. The first-order valence-electron chi connectivity index (χ1n) is 6.25. The Morgan fingerprint density at radius 1 is 1.14 bits per heavy atom. The Balaban J connectivity index is 2.35. The number of ether oxygens (including phenoxy) is 2. The van der Waals surface area contributed by atoms with Crippen LogP contribution >= 0.6 is 10.7 Å². The summed E-state index contributed by atoms with van der Waals surface area (Å²) in [6, 6.07) is 13.0. The molecule has 0 spiro atoms. The number of benzene rings is 2. The molecule has 0 aromatic heterocycles. The summed E-state index contributed by atoms with van der Waals surface area (Å²) in [6.07, 6.45) is 0. The minimum Gasteiger partial charge on any atom is -0.487 e. The molecule has 0 saturated carbocycles. The summed E-state index contributed by atoms with van der Waals surface area (Å²) in [5, 5.41) is 0. The first-order chi connectivity index (χ1) is 10.4. The van der Waals surface area contributed by atoms with Gasteiger partial charge in [-0.05, 0) is 23.8 Å². The Labute approximate surface area is 132 Å². The number of halogens is 1. The Morgan fingerprint density at radius 3 is 2.41 bits per heavy atom. The Hall–Kier alpha value is -2.05. The van der Waals surface area contributed by atoms with E-state index in [2.05, 4.69) is 4.74 Å². The predicted octanol–water partition coefficient (Wildman–Crippen LogP) is 2.98. The van der Waals surface area contributed by atoms with Gasteiger partial charge in [-0.25, -0.2) is 13.2 Å². The van der Waals surface area contributed by atoms with Crippen LogP contribution in [-0.2, 0) is 20.4 Å². The second-order valence-electron chi connectivity index (χ2n) is 4.37. The number of esters is 1. The highest BCUT2D eigenvalue weighted by atomic mass is 35.7. The van der Waals surface area contributed by atoms with E-state index in [4.69, 9.17) is 15.4 Å². The third kappa shape index (κ3) is 3.99. The van der Waals surface area contributed by atoms with E-state index < -0.39 is 15.0 Å². The molecule has 2 aromatic carbocycles. The van der Waals surface area contributed by atoms with Crippen molar-refractivity contribution < 1.29 is 22.7 Å². The van der Waals surface area contributed by atoms with Gasteiger partial charge in [-0.2, -0.15) is 0 Å². The summed E-state index contributed by atoms with van der Waals surface area (Å²) < 4.78 is 33.3. The summed E-state index contributed by atoms with van der Waals surface area (Å²) in [6.45, 7) is 0.144. The molecule has 2 rings (SSSR count). The molecule has 0 amide bonds. The van der Waals surface area contributed by atoms with Crippen LogP contribution in [0.2, 0.25) is 0 Å². The minimum absolute atomic E-state index is 0.00162. The molecule has 0 N–H and O–H groups in total. The van der Waals surface area contributed by atoms with E-state index in [1.807, 2.05) is 30.3 Å². The average Bonchev–Trinajstić information content (AvgIpc) is 2.52. The Morgan fingerprint density at radius 2 is 1.82 bits per heavy atom. The molecular formula is C15H13ClO5S.